The smallest absolute Gasteiger partial charge is 0.227 e. The second kappa shape index (κ2) is 22.9. The highest BCUT2D eigenvalue weighted by atomic mass is 33.1. The van der Waals surface area contributed by atoms with Gasteiger partial charge in [0, 0.05) is 50.0 Å². The highest BCUT2D eigenvalue weighted by molar-refractivity contribution is 8.76. The van der Waals surface area contributed by atoms with Gasteiger partial charge in [-0.1, -0.05) is 103 Å². The normalized spacial score (nSPS) is 12.9. The average Bonchev–Trinajstić information content (AvgIpc) is 3.05. The molecule has 2 N–H and O–H groups in total. The van der Waals surface area contributed by atoms with E-state index >= 15 is 0 Å². The van der Waals surface area contributed by atoms with Gasteiger partial charge >= 0.3 is 0 Å². The minimum atomic E-state index is -3.64. The molecule has 12 heteroatoms. The van der Waals surface area contributed by atoms with Crippen LogP contribution in [0.5, 0.6) is 0 Å². The maximum Gasteiger partial charge on any atom is 0.227 e. The predicted molar refractivity (Wildman–Crippen MR) is 195 cm³/mol. The molecule has 0 aliphatic heterocycles. The van der Waals surface area contributed by atoms with Gasteiger partial charge in [0.2, 0.25) is 17.7 Å². The maximum absolute atomic E-state index is 13.5. The lowest BCUT2D eigenvalue weighted by atomic mass is 10.0. The van der Waals surface area contributed by atoms with Crippen LogP contribution in [-0.4, -0.2) is 55.1 Å². The van der Waals surface area contributed by atoms with E-state index < -0.39 is 7.60 Å². The zero-order chi connectivity index (χ0) is 34.5. The number of anilines is 1. The Labute approximate surface area is 289 Å². The van der Waals surface area contributed by atoms with Crippen LogP contribution in [0.25, 0.3) is 6.08 Å². The van der Waals surface area contributed by atoms with Crippen LogP contribution in [0.3, 0.4) is 0 Å². The topological polar surface area (TPSA) is 128 Å². The number of para-hydroxylation sites is 1. The summed E-state index contributed by atoms with van der Waals surface area (Å²) < 4.78 is 15.7. The Morgan fingerprint density at radius 2 is 1.62 bits per heavy atom. The lowest BCUT2D eigenvalue weighted by Crippen LogP contribution is -2.33. The molecule has 0 saturated heterocycles. The van der Waals surface area contributed by atoms with Crippen LogP contribution in [-0.2, 0) is 36.4 Å². The summed E-state index contributed by atoms with van der Waals surface area (Å²) in [5, 5.41) is 6.15. The lowest BCUT2D eigenvalue weighted by molar-refractivity contribution is -0.196. The molecular weight excluding hydrogens is 654 g/mol. The molecule has 0 aliphatic carbocycles. The van der Waals surface area contributed by atoms with E-state index in [2.05, 4.69) is 37.1 Å². The minimum absolute atomic E-state index is 0.0342. The molecule has 2 unspecified atom stereocenters. The van der Waals surface area contributed by atoms with E-state index in [9.17, 15) is 23.8 Å². The molecule has 0 radical (unpaired) electrons. The summed E-state index contributed by atoms with van der Waals surface area (Å²) in [6, 6.07) is 15.8. The Morgan fingerprint density at radius 1 is 0.957 bits per heavy atom. The van der Waals surface area contributed by atoms with Gasteiger partial charge in [0.15, 0.2) is 0 Å². The van der Waals surface area contributed by atoms with Crippen molar-refractivity contribution in [3.8, 4) is 0 Å². The number of nitrogens with one attached hydrogen (secondary N) is 2. The zero-order valence-corrected chi connectivity index (χ0v) is 30.6. The van der Waals surface area contributed by atoms with Crippen LogP contribution < -0.4 is 20.4 Å². The fourth-order valence-electron chi connectivity index (χ4n) is 4.79. The second-order valence-corrected chi connectivity index (χ2v) is 16.1. The third-order valence-corrected chi connectivity index (χ3v) is 11.0. The Morgan fingerprint density at radius 3 is 2.34 bits per heavy atom. The zero-order valence-electron chi connectivity index (χ0n) is 28.0. The van der Waals surface area contributed by atoms with Crippen molar-refractivity contribution >= 4 is 58.7 Å². The fraction of sp³-hybridized carbons (Fsp3) is 0.514. The number of carbonyl (C=O) groups is 3. The minimum Gasteiger partial charge on any atom is -0.779 e. The first-order valence-electron chi connectivity index (χ1n) is 16.4. The number of hydrogen-bond acceptors (Lipinski definition) is 8. The fourth-order valence-corrected chi connectivity index (χ4v) is 7.50. The van der Waals surface area contributed by atoms with Gasteiger partial charge in [0.1, 0.15) is 7.60 Å². The molecule has 0 aliphatic rings. The van der Waals surface area contributed by atoms with Crippen molar-refractivity contribution in [2.75, 3.05) is 37.0 Å². The molecule has 0 spiro atoms. The van der Waals surface area contributed by atoms with Crippen LogP contribution in [0.1, 0.15) is 81.9 Å². The van der Waals surface area contributed by atoms with E-state index in [1.54, 1.807) is 32.6 Å². The van der Waals surface area contributed by atoms with Gasteiger partial charge in [-0.25, -0.2) is 0 Å². The maximum atomic E-state index is 13.5. The van der Waals surface area contributed by atoms with Crippen LogP contribution in [0, 0.1) is 0 Å². The summed E-state index contributed by atoms with van der Waals surface area (Å²) in [6.45, 7) is 10.9. The van der Waals surface area contributed by atoms with Crippen molar-refractivity contribution in [3.63, 3.8) is 0 Å². The molecule has 260 valence electrons. The van der Waals surface area contributed by atoms with E-state index in [1.165, 1.54) is 5.56 Å². The third kappa shape index (κ3) is 17.4. The second-order valence-electron chi connectivity index (χ2n) is 11.4. The van der Waals surface area contributed by atoms with Gasteiger partial charge in [-0.3, -0.25) is 14.4 Å². The predicted octanol–water partition coefficient (Wildman–Crippen LogP) is 6.75. The van der Waals surface area contributed by atoms with E-state index in [-0.39, 0.29) is 42.4 Å². The SMILES string of the molecule is C=Cc1ccccc1N(Cc1ccccc1CC)C(=O)CCC(=O)NCCSSC(C)CCC(=O)NCCCCCCOP(C)(=O)[O-]. The summed E-state index contributed by atoms with van der Waals surface area (Å²) in [6.07, 6.45) is 7.35. The molecule has 3 amide bonds. The van der Waals surface area contributed by atoms with Crippen LogP contribution in [0.2, 0.25) is 0 Å². The van der Waals surface area contributed by atoms with Crippen molar-refractivity contribution in [3.05, 3.63) is 71.8 Å². The molecule has 2 atom stereocenters. The average molecular weight is 705 g/mol. The van der Waals surface area contributed by atoms with Crippen molar-refractivity contribution in [1.82, 2.24) is 10.6 Å². The molecule has 9 nitrogen and oxygen atoms in total. The van der Waals surface area contributed by atoms with Crippen molar-refractivity contribution in [2.45, 2.75) is 83.4 Å². The molecule has 2 aromatic carbocycles. The third-order valence-electron chi connectivity index (χ3n) is 7.38. The largest absolute Gasteiger partial charge is 0.779 e. The standard InChI is InChI=1S/C35H52N3O6PS2/c1-5-29-15-9-10-17-31(29)27-38(32-18-12-11-16-30(32)6-2)35(41)22-21-34(40)37-24-26-46-47-28(3)19-20-33(39)36-23-13-7-8-14-25-44-45(4,42)43/h6,9-12,15-18,28H,2,5,7-8,13-14,19-27H2,1,3-4H3,(H,36,39)(H,37,40)(H,42,43)/p-1. The molecule has 0 saturated carbocycles. The molecule has 0 bridgehead atoms. The summed E-state index contributed by atoms with van der Waals surface area (Å²) in [5.74, 6) is 0.498. The molecule has 47 heavy (non-hydrogen) atoms. The highest BCUT2D eigenvalue weighted by Gasteiger charge is 2.20. The summed E-state index contributed by atoms with van der Waals surface area (Å²) >= 11 is 0. The number of carbonyl (C=O) groups excluding carboxylic acids is 3. The molecule has 0 aromatic heterocycles. The monoisotopic (exact) mass is 704 g/mol. The van der Waals surface area contributed by atoms with Crippen molar-refractivity contribution < 1.29 is 28.4 Å². The highest BCUT2D eigenvalue weighted by Crippen LogP contribution is 2.31. The van der Waals surface area contributed by atoms with E-state index in [1.807, 2.05) is 42.5 Å². The first-order valence-corrected chi connectivity index (χ1v) is 20.7. The first-order chi connectivity index (χ1) is 22.5. The summed E-state index contributed by atoms with van der Waals surface area (Å²) in [5.41, 5.74) is 3.92. The quantitative estimate of drug-likeness (QED) is 0.0699. The Bertz CT molecular complexity index is 1320. The van der Waals surface area contributed by atoms with Gasteiger partial charge in [-0.15, -0.1) is 0 Å². The lowest BCUT2D eigenvalue weighted by Gasteiger charge is -2.26. The van der Waals surface area contributed by atoms with E-state index in [0.717, 1.165) is 61.3 Å². The molecule has 0 fully saturated rings. The number of unbranched alkanes of at least 4 members (excludes halogenated alkanes) is 3. The Hall–Kier alpha value is -2.56. The van der Waals surface area contributed by atoms with E-state index in [0.29, 0.717) is 32.5 Å². The number of nitrogens with zero attached hydrogens (tertiary/aromatic N) is 1. The number of hydrogen-bond donors (Lipinski definition) is 2. The molecular formula is C35H51N3O6PS2-. The molecule has 0 heterocycles. The van der Waals surface area contributed by atoms with Crippen molar-refractivity contribution in [1.29, 1.82) is 0 Å². The number of amides is 3. The molecule has 2 rings (SSSR count). The van der Waals surface area contributed by atoms with E-state index in [4.69, 9.17) is 4.52 Å². The van der Waals surface area contributed by atoms with Gasteiger partial charge in [0.25, 0.3) is 0 Å². The van der Waals surface area contributed by atoms with Crippen LogP contribution >= 0.6 is 29.2 Å². The van der Waals surface area contributed by atoms with Crippen molar-refractivity contribution in [2.24, 2.45) is 0 Å². The Balaban J connectivity index is 1.64. The molecule has 2 aromatic rings. The summed E-state index contributed by atoms with van der Waals surface area (Å²) in [4.78, 5) is 50.9. The van der Waals surface area contributed by atoms with Gasteiger partial charge < -0.3 is 29.5 Å². The summed E-state index contributed by atoms with van der Waals surface area (Å²) in [7, 11) is -0.280. The number of benzene rings is 2. The Kier molecular flexibility index (Phi) is 19.8. The van der Waals surface area contributed by atoms with Crippen LogP contribution in [0.4, 0.5) is 5.69 Å². The van der Waals surface area contributed by atoms with Gasteiger partial charge in [-0.05, 0) is 48.4 Å². The first kappa shape index (κ1) is 40.6. The van der Waals surface area contributed by atoms with Gasteiger partial charge in [0.05, 0.1) is 18.8 Å². The van der Waals surface area contributed by atoms with Crippen LogP contribution in [0.15, 0.2) is 55.1 Å². The number of aryl methyl sites for hydroxylation is 1. The number of rotatable bonds is 24. The van der Waals surface area contributed by atoms with Gasteiger partial charge in [-0.2, -0.15) is 0 Å².